The minimum absolute atomic E-state index is 0.000405. The van der Waals surface area contributed by atoms with Crippen LogP contribution in [0.1, 0.15) is 30.5 Å². The first kappa shape index (κ1) is 33.9. The molecule has 5 aromatic carbocycles. The molecular formula is C40H40N2O6. The molecule has 0 saturated heterocycles. The average molecular weight is 645 g/mol. The fourth-order valence-corrected chi connectivity index (χ4v) is 5.31. The van der Waals surface area contributed by atoms with E-state index >= 15 is 0 Å². The van der Waals surface area contributed by atoms with Gasteiger partial charge in [-0.1, -0.05) is 121 Å². The molecule has 0 aromatic heterocycles. The lowest BCUT2D eigenvalue weighted by Crippen LogP contribution is -2.53. The van der Waals surface area contributed by atoms with Gasteiger partial charge in [0.1, 0.15) is 19.3 Å². The summed E-state index contributed by atoms with van der Waals surface area (Å²) in [6, 6.07) is 38.7. The number of esters is 2. The van der Waals surface area contributed by atoms with E-state index in [1.165, 1.54) is 4.90 Å². The van der Waals surface area contributed by atoms with Gasteiger partial charge in [0, 0.05) is 12.5 Å². The van der Waals surface area contributed by atoms with Crippen molar-refractivity contribution in [2.24, 2.45) is 0 Å². The number of rotatable bonds is 13. The van der Waals surface area contributed by atoms with Gasteiger partial charge in [-0.3, -0.25) is 0 Å². The van der Waals surface area contributed by atoms with E-state index in [-0.39, 0.29) is 26.2 Å². The Labute approximate surface area is 280 Å². The Morgan fingerprint density at radius 2 is 1.19 bits per heavy atom. The van der Waals surface area contributed by atoms with E-state index < -0.39 is 36.2 Å². The van der Waals surface area contributed by atoms with Gasteiger partial charge in [0.15, 0.2) is 6.10 Å². The number of hydrogen-bond acceptors (Lipinski definition) is 6. The van der Waals surface area contributed by atoms with Crippen molar-refractivity contribution < 1.29 is 29.0 Å². The first-order valence-electron chi connectivity index (χ1n) is 16.0. The first-order chi connectivity index (χ1) is 23.3. The monoisotopic (exact) mass is 644 g/mol. The summed E-state index contributed by atoms with van der Waals surface area (Å²) in [7, 11) is 0. The van der Waals surface area contributed by atoms with E-state index in [1.807, 2.05) is 97.1 Å². The standard InChI is InChI=1S/C40H40N2O6/c1-28(2)42(25-37(43)39(45)48-27-31-13-7-4-8-14-31)40(46)41-36(38(44)47-26-30-11-5-3-6-12-30)23-29-17-19-33(20-18-29)35-22-21-32-15-9-10-16-34(32)24-35/h3-22,24,28,36-37,43H,23,25-27H2,1-2H3,(H,41,46)/t36-,37?/m0/s1. The number of amides is 2. The van der Waals surface area contributed by atoms with Gasteiger partial charge in [-0.15, -0.1) is 0 Å². The lowest BCUT2D eigenvalue weighted by molar-refractivity contribution is -0.155. The maximum Gasteiger partial charge on any atom is 0.337 e. The summed E-state index contributed by atoms with van der Waals surface area (Å²) in [6.07, 6.45) is -1.40. The van der Waals surface area contributed by atoms with Crippen molar-refractivity contribution in [2.45, 2.75) is 51.7 Å². The van der Waals surface area contributed by atoms with Crippen LogP contribution in [0.25, 0.3) is 21.9 Å². The van der Waals surface area contributed by atoms with Crippen LogP contribution in [-0.4, -0.2) is 52.7 Å². The maximum atomic E-state index is 13.6. The molecular weight excluding hydrogens is 604 g/mol. The largest absolute Gasteiger partial charge is 0.459 e. The molecule has 5 rings (SSSR count). The minimum atomic E-state index is -1.58. The summed E-state index contributed by atoms with van der Waals surface area (Å²) in [6.45, 7) is 3.25. The van der Waals surface area contributed by atoms with Crippen LogP contribution in [0.3, 0.4) is 0 Å². The molecule has 2 N–H and O–H groups in total. The Bertz CT molecular complexity index is 1810. The topological polar surface area (TPSA) is 105 Å². The Hall–Kier alpha value is -5.47. The minimum Gasteiger partial charge on any atom is -0.459 e. The number of nitrogens with zero attached hydrogens (tertiary/aromatic N) is 1. The zero-order chi connectivity index (χ0) is 33.9. The molecule has 0 fully saturated rings. The molecule has 5 aromatic rings. The predicted octanol–water partition coefficient (Wildman–Crippen LogP) is 6.69. The van der Waals surface area contributed by atoms with Gasteiger partial charge in [0.2, 0.25) is 0 Å². The first-order valence-corrected chi connectivity index (χ1v) is 16.0. The molecule has 0 saturated carbocycles. The normalized spacial score (nSPS) is 12.2. The number of carbonyl (C=O) groups excluding carboxylic acids is 3. The van der Waals surface area contributed by atoms with Crippen molar-refractivity contribution >= 4 is 28.7 Å². The van der Waals surface area contributed by atoms with E-state index in [1.54, 1.807) is 13.8 Å². The molecule has 2 amide bonds. The zero-order valence-electron chi connectivity index (χ0n) is 27.1. The van der Waals surface area contributed by atoms with E-state index in [2.05, 4.69) is 35.6 Å². The number of aliphatic hydroxyl groups is 1. The van der Waals surface area contributed by atoms with Crippen LogP contribution >= 0.6 is 0 Å². The SMILES string of the molecule is CC(C)N(CC(O)C(=O)OCc1ccccc1)C(=O)N[C@@H](Cc1ccc(-c2ccc3ccccc3c2)cc1)C(=O)OCc1ccccc1. The molecule has 246 valence electrons. The number of ether oxygens (including phenoxy) is 2. The van der Waals surface area contributed by atoms with Gasteiger partial charge in [0.05, 0.1) is 6.54 Å². The van der Waals surface area contributed by atoms with Crippen LogP contribution < -0.4 is 5.32 Å². The summed E-state index contributed by atoms with van der Waals surface area (Å²) in [5.41, 5.74) is 4.51. The average Bonchev–Trinajstić information content (AvgIpc) is 3.12. The Morgan fingerprint density at radius 3 is 1.79 bits per heavy atom. The van der Waals surface area contributed by atoms with E-state index in [9.17, 15) is 19.5 Å². The van der Waals surface area contributed by atoms with Crippen LogP contribution in [0.15, 0.2) is 127 Å². The molecule has 0 aliphatic heterocycles. The molecule has 48 heavy (non-hydrogen) atoms. The molecule has 0 heterocycles. The molecule has 0 aliphatic carbocycles. The number of urea groups is 1. The molecule has 2 atom stereocenters. The van der Waals surface area contributed by atoms with Crippen molar-refractivity contribution in [3.05, 3.63) is 144 Å². The molecule has 0 spiro atoms. The van der Waals surface area contributed by atoms with Gasteiger partial charge in [-0.25, -0.2) is 14.4 Å². The second-order valence-electron chi connectivity index (χ2n) is 11.9. The summed E-state index contributed by atoms with van der Waals surface area (Å²) in [4.78, 5) is 40.9. The van der Waals surface area contributed by atoms with E-state index in [4.69, 9.17) is 9.47 Å². The van der Waals surface area contributed by atoms with Crippen molar-refractivity contribution in [1.82, 2.24) is 10.2 Å². The van der Waals surface area contributed by atoms with Crippen molar-refractivity contribution in [3.8, 4) is 11.1 Å². The van der Waals surface area contributed by atoms with Crippen LogP contribution in [0.5, 0.6) is 0 Å². The molecule has 0 bridgehead atoms. The summed E-state index contributed by atoms with van der Waals surface area (Å²) >= 11 is 0. The number of carbonyl (C=O) groups is 3. The second kappa shape index (κ2) is 16.4. The summed E-state index contributed by atoms with van der Waals surface area (Å²) in [5.74, 6) is -1.44. The molecule has 8 nitrogen and oxygen atoms in total. The van der Waals surface area contributed by atoms with Crippen LogP contribution in [0.4, 0.5) is 4.79 Å². The summed E-state index contributed by atoms with van der Waals surface area (Å²) in [5, 5.41) is 15.8. The fraction of sp³-hybridized carbons (Fsp3) is 0.225. The maximum absolute atomic E-state index is 13.6. The third kappa shape index (κ3) is 9.30. The Balaban J connectivity index is 1.28. The van der Waals surface area contributed by atoms with Gasteiger partial charge in [-0.2, -0.15) is 0 Å². The van der Waals surface area contributed by atoms with Crippen molar-refractivity contribution in [2.75, 3.05) is 6.54 Å². The lowest BCUT2D eigenvalue weighted by atomic mass is 9.98. The lowest BCUT2D eigenvalue weighted by Gasteiger charge is -2.30. The van der Waals surface area contributed by atoms with Crippen LogP contribution in [0.2, 0.25) is 0 Å². The third-order valence-corrected chi connectivity index (χ3v) is 8.03. The second-order valence-corrected chi connectivity index (χ2v) is 11.9. The van der Waals surface area contributed by atoms with E-state index in [0.717, 1.165) is 38.6 Å². The quantitative estimate of drug-likeness (QED) is 0.139. The third-order valence-electron chi connectivity index (χ3n) is 8.03. The number of aliphatic hydroxyl groups excluding tert-OH is 1. The Morgan fingerprint density at radius 1 is 0.646 bits per heavy atom. The number of fused-ring (bicyclic) bond motifs is 1. The molecule has 0 aliphatic rings. The number of nitrogens with one attached hydrogen (secondary N) is 1. The van der Waals surface area contributed by atoms with Gasteiger partial charge < -0.3 is 24.8 Å². The predicted molar refractivity (Wildman–Crippen MR) is 186 cm³/mol. The highest BCUT2D eigenvalue weighted by Gasteiger charge is 2.30. The van der Waals surface area contributed by atoms with Crippen molar-refractivity contribution in [1.29, 1.82) is 0 Å². The van der Waals surface area contributed by atoms with E-state index in [0.29, 0.717) is 0 Å². The van der Waals surface area contributed by atoms with Crippen LogP contribution in [-0.2, 0) is 38.7 Å². The van der Waals surface area contributed by atoms with Gasteiger partial charge >= 0.3 is 18.0 Å². The Kier molecular flexibility index (Phi) is 11.6. The highest BCUT2D eigenvalue weighted by molar-refractivity contribution is 5.87. The summed E-state index contributed by atoms with van der Waals surface area (Å²) < 4.78 is 10.9. The zero-order valence-corrected chi connectivity index (χ0v) is 27.1. The number of hydrogen-bond donors (Lipinski definition) is 2. The van der Waals surface area contributed by atoms with Crippen molar-refractivity contribution in [3.63, 3.8) is 0 Å². The molecule has 8 heteroatoms. The van der Waals surface area contributed by atoms with Gasteiger partial charge in [-0.05, 0) is 58.5 Å². The highest BCUT2D eigenvalue weighted by atomic mass is 16.5. The molecule has 1 unspecified atom stereocenters. The van der Waals surface area contributed by atoms with Crippen LogP contribution in [0, 0.1) is 0 Å². The smallest absolute Gasteiger partial charge is 0.337 e. The fourth-order valence-electron chi connectivity index (χ4n) is 5.31. The molecule has 0 radical (unpaired) electrons. The number of benzene rings is 5. The van der Waals surface area contributed by atoms with Gasteiger partial charge in [0.25, 0.3) is 0 Å². The highest BCUT2D eigenvalue weighted by Crippen LogP contribution is 2.25.